The van der Waals surface area contributed by atoms with Crippen LogP contribution in [0.2, 0.25) is 0 Å². The molecule has 0 aromatic heterocycles. The molecular weight excluding hydrogens is 348 g/mol. The van der Waals surface area contributed by atoms with Gasteiger partial charge in [0.1, 0.15) is 0 Å². The molecule has 6 nitrogen and oxygen atoms in total. The van der Waals surface area contributed by atoms with Gasteiger partial charge in [0.05, 0.1) is 10.6 Å². The lowest BCUT2D eigenvalue weighted by Crippen LogP contribution is -2.31. The predicted molar refractivity (Wildman–Crippen MR) is 95.0 cm³/mol. The fourth-order valence-electron chi connectivity index (χ4n) is 2.23. The summed E-state index contributed by atoms with van der Waals surface area (Å²) in [6.07, 6.45) is 0. The van der Waals surface area contributed by atoms with E-state index in [0.29, 0.717) is 11.3 Å². The summed E-state index contributed by atoms with van der Waals surface area (Å²) >= 11 is 0. The lowest BCUT2D eigenvalue weighted by Gasteiger charge is -2.11. The van der Waals surface area contributed by atoms with E-state index in [-0.39, 0.29) is 17.2 Å². The van der Waals surface area contributed by atoms with Crippen molar-refractivity contribution in [3.8, 4) is 0 Å². The van der Waals surface area contributed by atoms with E-state index in [1.807, 2.05) is 6.92 Å². The Hall–Kier alpha value is -1.90. The molecule has 0 amide bonds. The fourth-order valence-corrected chi connectivity index (χ4v) is 4.58. The maximum absolute atomic E-state index is 12.3. The summed E-state index contributed by atoms with van der Waals surface area (Å²) in [4.78, 5) is 0.154. The standard InChI is InChI=1S/C16H20N2O4S2/c1-13-8-9-16(14(2)12-13)24(21,22)17-10-11-23(19,20)18-15-6-4-3-5-7-15/h3-9,12,17-18H,10-11H2,1-2H3. The molecule has 0 aliphatic heterocycles. The van der Waals surface area contributed by atoms with E-state index in [9.17, 15) is 16.8 Å². The molecule has 0 spiro atoms. The molecule has 2 rings (SSSR count). The molecule has 130 valence electrons. The molecule has 0 fully saturated rings. The van der Waals surface area contributed by atoms with Crippen molar-refractivity contribution in [3.05, 3.63) is 59.7 Å². The molecule has 8 heteroatoms. The lowest BCUT2D eigenvalue weighted by molar-refractivity contribution is 0.581. The molecule has 0 aliphatic rings. The van der Waals surface area contributed by atoms with Gasteiger partial charge in [0, 0.05) is 12.2 Å². The number of sulfonamides is 2. The van der Waals surface area contributed by atoms with E-state index in [1.165, 1.54) is 6.07 Å². The van der Waals surface area contributed by atoms with Crippen LogP contribution in [0.5, 0.6) is 0 Å². The molecule has 0 saturated carbocycles. The second-order valence-electron chi connectivity index (χ2n) is 5.45. The smallest absolute Gasteiger partial charge is 0.240 e. The van der Waals surface area contributed by atoms with Gasteiger partial charge >= 0.3 is 0 Å². The van der Waals surface area contributed by atoms with E-state index < -0.39 is 20.0 Å². The van der Waals surface area contributed by atoms with Crippen LogP contribution in [0.25, 0.3) is 0 Å². The highest BCUT2D eigenvalue weighted by atomic mass is 32.2. The lowest BCUT2D eigenvalue weighted by atomic mass is 10.2. The zero-order chi connectivity index (χ0) is 17.8. The van der Waals surface area contributed by atoms with E-state index in [2.05, 4.69) is 9.44 Å². The maximum atomic E-state index is 12.3. The van der Waals surface area contributed by atoms with Crippen LogP contribution >= 0.6 is 0 Å². The van der Waals surface area contributed by atoms with Gasteiger partial charge in [-0.2, -0.15) is 0 Å². The second-order valence-corrected chi connectivity index (χ2v) is 9.03. The van der Waals surface area contributed by atoms with Crippen LogP contribution in [0, 0.1) is 13.8 Å². The third-order valence-electron chi connectivity index (χ3n) is 3.33. The number of rotatable bonds is 7. The summed E-state index contributed by atoms with van der Waals surface area (Å²) in [7, 11) is -7.38. The van der Waals surface area contributed by atoms with Crippen LogP contribution in [0.3, 0.4) is 0 Å². The highest BCUT2D eigenvalue weighted by Gasteiger charge is 2.18. The molecule has 2 aromatic rings. The summed E-state index contributed by atoms with van der Waals surface area (Å²) in [5.41, 5.74) is 2.02. The van der Waals surface area contributed by atoms with E-state index in [4.69, 9.17) is 0 Å². The van der Waals surface area contributed by atoms with Crippen molar-refractivity contribution < 1.29 is 16.8 Å². The minimum atomic E-state index is -3.75. The molecule has 0 saturated heterocycles. The van der Waals surface area contributed by atoms with Gasteiger partial charge in [-0.25, -0.2) is 21.6 Å². The van der Waals surface area contributed by atoms with Gasteiger partial charge in [0.15, 0.2) is 0 Å². The molecule has 0 aliphatic carbocycles. The maximum Gasteiger partial charge on any atom is 0.240 e. The zero-order valence-corrected chi connectivity index (χ0v) is 15.1. The first-order valence-electron chi connectivity index (χ1n) is 7.32. The number of nitrogens with one attached hydrogen (secondary N) is 2. The SMILES string of the molecule is Cc1ccc(S(=O)(=O)NCCS(=O)(=O)Nc2ccccc2)c(C)c1. The number of para-hydroxylation sites is 1. The summed E-state index contributed by atoms with van der Waals surface area (Å²) < 4.78 is 53.3. The average molecular weight is 368 g/mol. The Bertz CT molecular complexity index is 908. The largest absolute Gasteiger partial charge is 0.284 e. The summed E-state index contributed by atoms with van der Waals surface area (Å²) in [5, 5.41) is 0. The quantitative estimate of drug-likeness (QED) is 0.782. The highest BCUT2D eigenvalue weighted by molar-refractivity contribution is 7.92. The van der Waals surface area contributed by atoms with Crippen LogP contribution in [0.4, 0.5) is 5.69 Å². The average Bonchev–Trinajstić information content (AvgIpc) is 2.46. The second kappa shape index (κ2) is 7.33. The van der Waals surface area contributed by atoms with Crippen LogP contribution in [0.15, 0.2) is 53.4 Å². The number of benzene rings is 2. The first kappa shape index (κ1) is 18.4. The molecule has 0 radical (unpaired) electrons. The van der Waals surface area contributed by atoms with Crippen LogP contribution in [-0.4, -0.2) is 29.1 Å². The monoisotopic (exact) mass is 368 g/mol. The normalized spacial score (nSPS) is 12.1. The Morgan fingerprint density at radius 3 is 2.21 bits per heavy atom. The Morgan fingerprint density at radius 1 is 0.917 bits per heavy atom. The van der Waals surface area contributed by atoms with Crippen molar-refractivity contribution >= 4 is 25.7 Å². The molecule has 0 unspecified atom stereocenters. The minimum Gasteiger partial charge on any atom is -0.284 e. The van der Waals surface area contributed by atoms with Crippen molar-refractivity contribution in [3.63, 3.8) is 0 Å². The molecule has 0 bridgehead atoms. The van der Waals surface area contributed by atoms with Crippen molar-refractivity contribution in [2.24, 2.45) is 0 Å². The van der Waals surface area contributed by atoms with E-state index in [0.717, 1.165) is 5.56 Å². The van der Waals surface area contributed by atoms with Crippen LogP contribution < -0.4 is 9.44 Å². The van der Waals surface area contributed by atoms with Crippen molar-refractivity contribution in [1.82, 2.24) is 4.72 Å². The molecule has 0 heterocycles. The Balaban J connectivity index is 2.00. The number of hydrogen-bond acceptors (Lipinski definition) is 4. The predicted octanol–water partition coefficient (Wildman–Crippen LogP) is 2.02. The van der Waals surface area contributed by atoms with Gasteiger partial charge in [-0.3, -0.25) is 4.72 Å². The first-order valence-corrected chi connectivity index (χ1v) is 10.5. The third kappa shape index (κ3) is 5.05. The van der Waals surface area contributed by atoms with E-state index in [1.54, 1.807) is 49.4 Å². The molecule has 0 atom stereocenters. The van der Waals surface area contributed by atoms with Crippen molar-refractivity contribution in [2.75, 3.05) is 17.0 Å². The number of aryl methyl sites for hydroxylation is 2. The van der Waals surface area contributed by atoms with Gasteiger partial charge in [0.25, 0.3) is 0 Å². The van der Waals surface area contributed by atoms with Gasteiger partial charge in [-0.1, -0.05) is 35.9 Å². The Morgan fingerprint density at radius 2 is 1.58 bits per heavy atom. The molecule has 2 N–H and O–H groups in total. The van der Waals surface area contributed by atoms with Gasteiger partial charge in [-0.15, -0.1) is 0 Å². The van der Waals surface area contributed by atoms with Gasteiger partial charge in [0.2, 0.25) is 20.0 Å². The number of anilines is 1. The van der Waals surface area contributed by atoms with Crippen LogP contribution in [-0.2, 0) is 20.0 Å². The Kier molecular flexibility index (Phi) is 5.63. The van der Waals surface area contributed by atoms with Crippen molar-refractivity contribution in [1.29, 1.82) is 0 Å². The topological polar surface area (TPSA) is 92.3 Å². The molecular formula is C16H20N2O4S2. The van der Waals surface area contributed by atoms with Gasteiger partial charge < -0.3 is 0 Å². The van der Waals surface area contributed by atoms with E-state index >= 15 is 0 Å². The molecule has 2 aromatic carbocycles. The van der Waals surface area contributed by atoms with Crippen LogP contribution in [0.1, 0.15) is 11.1 Å². The first-order chi connectivity index (χ1) is 11.2. The minimum absolute atomic E-state index is 0.154. The van der Waals surface area contributed by atoms with Gasteiger partial charge in [-0.05, 0) is 37.6 Å². The fraction of sp³-hybridized carbons (Fsp3) is 0.250. The number of hydrogen-bond donors (Lipinski definition) is 2. The Labute approximate surface area is 143 Å². The zero-order valence-electron chi connectivity index (χ0n) is 13.5. The van der Waals surface area contributed by atoms with Crippen molar-refractivity contribution in [2.45, 2.75) is 18.7 Å². The summed E-state index contributed by atoms with van der Waals surface area (Å²) in [5.74, 6) is -0.355. The summed E-state index contributed by atoms with van der Waals surface area (Å²) in [6, 6.07) is 13.4. The molecule has 24 heavy (non-hydrogen) atoms. The summed E-state index contributed by atoms with van der Waals surface area (Å²) in [6.45, 7) is 3.37. The third-order valence-corrected chi connectivity index (χ3v) is 6.24. The highest BCUT2D eigenvalue weighted by Crippen LogP contribution is 2.16.